The number of aromatic nitrogens is 4. The molecule has 1 atom stereocenters. The Kier molecular flexibility index (Phi) is 6.13. The van der Waals surface area contributed by atoms with Crippen molar-refractivity contribution >= 4 is 17.5 Å². The van der Waals surface area contributed by atoms with Gasteiger partial charge in [0.15, 0.2) is 0 Å². The second-order valence-corrected chi connectivity index (χ2v) is 9.66. The summed E-state index contributed by atoms with van der Waals surface area (Å²) in [4.78, 5) is 28.2. The van der Waals surface area contributed by atoms with Crippen LogP contribution in [0.25, 0.3) is 0 Å². The Hall–Kier alpha value is -2.48. The highest BCUT2D eigenvalue weighted by Crippen LogP contribution is 2.38. The fraction of sp³-hybridized carbons (Fsp3) is 0.667. The molecule has 8 heteroatoms. The number of carbonyl (C=O) groups excluding carboxylic acids is 1. The average Bonchev–Trinajstić information content (AvgIpc) is 3.53. The van der Waals surface area contributed by atoms with E-state index in [1.807, 2.05) is 0 Å². The Bertz CT molecular complexity index is 959. The van der Waals surface area contributed by atoms with Crippen LogP contribution in [0.5, 0.6) is 0 Å². The molecule has 2 aromatic heterocycles. The number of imidazole rings is 1. The molecule has 1 amide bonds. The summed E-state index contributed by atoms with van der Waals surface area (Å²) >= 11 is 0. The van der Waals surface area contributed by atoms with Crippen molar-refractivity contribution in [2.75, 3.05) is 36.4 Å². The summed E-state index contributed by atoms with van der Waals surface area (Å²) in [5.74, 6) is 4.49. The lowest BCUT2D eigenvalue weighted by molar-refractivity contribution is -0.116. The molecular weight excluding hydrogens is 402 g/mol. The van der Waals surface area contributed by atoms with Gasteiger partial charge in [-0.05, 0) is 50.5 Å². The van der Waals surface area contributed by atoms with E-state index < -0.39 is 0 Å². The van der Waals surface area contributed by atoms with E-state index in [2.05, 4.69) is 50.1 Å². The van der Waals surface area contributed by atoms with Gasteiger partial charge in [0.1, 0.15) is 23.8 Å². The zero-order valence-electron chi connectivity index (χ0n) is 19.3. The topological polar surface area (TPSA) is 88.0 Å². The molecule has 1 aliphatic carbocycles. The SMILES string of the molecule is CCc1cn(CCNCC2CC2)c(C2CCN(c3ncnc4c3C(C)CC(=O)N4)CC2)n1. The van der Waals surface area contributed by atoms with Crippen LogP contribution in [0, 0.1) is 5.92 Å². The van der Waals surface area contributed by atoms with E-state index >= 15 is 0 Å². The Labute approximate surface area is 190 Å². The summed E-state index contributed by atoms with van der Waals surface area (Å²) in [7, 11) is 0. The number of fused-ring (bicyclic) bond motifs is 1. The minimum atomic E-state index is 0.0403. The molecule has 5 rings (SSSR count). The maximum atomic E-state index is 11.9. The Morgan fingerprint density at radius 3 is 2.75 bits per heavy atom. The molecule has 2 aromatic rings. The number of hydrogen-bond donors (Lipinski definition) is 2. The fourth-order valence-electron chi connectivity index (χ4n) is 5.09. The smallest absolute Gasteiger partial charge is 0.226 e. The first-order valence-electron chi connectivity index (χ1n) is 12.3. The normalized spacial score (nSPS) is 21.5. The highest BCUT2D eigenvalue weighted by Gasteiger charge is 2.31. The molecule has 2 N–H and O–H groups in total. The summed E-state index contributed by atoms with van der Waals surface area (Å²) < 4.78 is 2.39. The van der Waals surface area contributed by atoms with E-state index in [9.17, 15) is 4.79 Å². The highest BCUT2D eigenvalue weighted by atomic mass is 16.1. The summed E-state index contributed by atoms with van der Waals surface area (Å²) in [5.41, 5.74) is 2.28. The molecule has 172 valence electrons. The van der Waals surface area contributed by atoms with Crippen LogP contribution in [0.3, 0.4) is 0 Å². The molecule has 1 saturated heterocycles. The third kappa shape index (κ3) is 4.51. The Morgan fingerprint density at radius 1 is 1.19 bits per heavy atom. The monoisotopic (exact) mass is 437 g/mol. The number of aryl methyl sites for hydroxylation is 1. The van der Waals surface area contributed by atoms with Crippen LogP contribution < -0.4 is 15.5 Å². The molecule has 4 heterocycles. The first-order valence-corrected chi connectivity index (χ1v) is 12.3. The lowest BCUT2D eigenvalue weighted by Crippen LogP contribution is -2.36. The van der Waals surface area contributed by atoms with Crippen LogP contribution in [-0.2, 0) is 17.8 Å². The Balaban J connectivity index is 1.26. The summed E-state index contributed by atoms with van der Waals surface area (Å²) in [6.45, 7) is 9.34. The number of nitrogens with one attached hydrogen (secondary N) is 2. The third-order valence-corrected chi connectivity index (χ3v) is 7.14. The molecule has 1 saturated carbocycles. The van der Waals surface area contributed by atoms with Crippen molar-refractivity contribution in [1.29, 1.82) is 0 Å². The van der Waals surface area contributed by atoms with Crippen molar-refractivity contribution in [2.45, 2.75) is 70.8 Å². The number of amides is 1. The van der Waals surface area contributed by atoms with Gasteiger partial charge in [-0.25, -0.2) is 15.0 Å². The highest BCUT2D eigenvalue weighted by molar-refractivity contribution is 5.94. The lowest BCUT2D eigenvalue weighted by Gasteiger charge is -2.35. The minimum Gasteiger partial charge on any atom is -0.356 e. The molecule has 0 aromatic carbocycles. The van der Waals surface area contributed by atoms with Crippen molar-refractivity contribution in [1.82, 2.24) is 24.8 Å². The van der Waals surface area contributed by atoms with Crippen molar-refractivity contribution in [3.63, 3.8) is 0 Å². The van der Waals surface area contributed by atoms with Gasteiger partial charge in [-0.15, -0.1) is 0 Å². The van der Waals surface area contributed by atoms with E-state index in [0.717, 1.165) is 69.3 Å². The molecule has 32 heavy (non-hydrogen) atoms. The zero-order chi connectivity index (χ0) is 22.1. The molecule has 8 nitrogen and oxygen atoms in total. The van der Waals surface area contributed by atoms with Gasteiger partial charge in [0.05, 0.1) is 5.69 Å². The van der Waals surface area contributed by atoms with Gasteiger partial charge in [-0.3, -0.25) is 4.79 Å². The number of piperidine rings is 1. The van der Waals surface area contributed by atoms with E-state index in [-0.39, 0.29) is 11.8 Å². The molecule has 2 aliphatic heterocycles. The van der Waals surface area contributed by atoms with Crippen LogP contribution >= 0.6 is 0 Å². The van der Waals surface area contributed by atoms with Gasteiger partial charge in [0.2, 0.25) is 5.91 Å². The predicted molar refractivity (Wildman–Crippen MR) is 125 cm³/mol. The summed E-state index contributed by atoms with van der Waals surface area (Å²) in [5, 5.41) is 6.54. The molecule has 1 unspecified atom stereocenters. The standard InChI is InChI=1S/C24H35N7O/c1-3-19-14-31(11-8-25-13-17-4-5-17)23(28-19)18-6-9-30(10-7-18)24-21-16(2)12-20(32)29-22(21)26-15-27-24/h14-18,25H,3-13H2,1-2H3,(H,26,27,29,32). The third-order valence-electron chi connectivity index (χ3n) is 7.14. The Morgan fingerprint density at radius 2 is 2.00 bits per heavy atom. The zero-order valence-corrected chi connectivity index (χ0v) is 19.3. The summed E-state index contributed by atoms with van der Waals surface area (Å²) in [6, 6.07) is 0. The van der Waals surface area contributed by atoms with E-state index in [1.54, 1.807) is 6.33 Å². The van der Waals surface area contributed by atoms with Crippen LogP contribution in [-0.4, -0.2) is 51.6 Å². The maximum absolute atomic E-state index is 11.9. The van der Waals surface area contributed by atoms with Crippen molar-refractivity contribution in [3.05, 3.63) is 29.6 Å². The second-order valence-electron chi connectivity index (χ2n) is 9.66. The number of anilines is 2. The number of carbonyl (C=O) groups is 1. The number of hydrogen-bond acceptors (Lipinski definition) is 6. The number of nitrogens with zero attached hydrogens (tertiary/aromatic N) is 5. The first kappa shape index (κ1) is 21.4. The maximum Gasteiger partial charge on any atom is 0.226 e. The van der Waals surface area contributed by atoms with E-state index in [1.165, 1.54) is 24.4 Å². The molecule has 0 radical (unpaired) electrons. The van der Waals surface area contributed by atoms with Gasteiger partial charge in [0.25, 0.3) is 0 Å². The van der Waals surface area contributed by atoms with Gasteiger partial charge < -0.3 is 20.1 Å². The van der Waals surface area contributed by atoms with E-state index in [4.69, 9.17) is 4.98 Å². The van der Waals surface area contributed by atoms with Crippen molar-refractivity contribution in [2.24, 2.45) is 5.92 Å². The van der Waals surface area contributed by atoms with Crippen LogP contribution in [0.4, 0.5) is 11.6 Å². The quantitative estimate of drug-likeness (QED) is 0.617. The van der Waals surface area contributed by atoms with Crippen molar-refractivity contribution < 1.29 is 4.79 Å². The second kappa shape index (κ2) is 9.17. The average molecular weight is 438 g/mol. The fourth-order valence-corrected chi connectivity index (χ4v) is 5.09. The van der Waals surface area contributed by atoms with Crippen LogP contribution in [0.1, 0.15) is 74.9 Å². The summed E-state index contributed by atoms with van der Waals surface area (Å²) in [6.07, 6.45) is 10.2. The molecule has 0 spiro atoms. The molecular formula is C24H35N7O. The van der Waals surface area contributed by atoms with E-state index in [0.29, 0.717) is 18.2 Å². The van der Waals surface area contributed by atoms with Gasteiger partial charge in [0, 0.05) is 50.3 Å². The molecule has 2 fully saturated rings. The largest absolute Gasteiger partial charge is 0.356 e. The van der Waals surface area contributed by atoms with Gasteiger partial charge in [-0.2, -0.15) is 0 Å². The molecule has 0 bridgehead atoms. The minimum absolute atomic E-state index is 0.0403. The molecule has 3 aliphatic rings. The first-order chi connectivity index (χ1) is 15.6. The van der Waals surface area contributed by atoms with Crippen molar-refractivity contribution in [3.8, 4) is 0 Å². The van der Waals surface area contributed by atoms with Crippen LogP contribution in [0.2, 0.25) is 0 Å². The van der Waals surface area contributed by atoms with Gasteiger partial charge >= 0.3 is 0 Å². The lowest BCUT2D eigenvalue weighted by atomic mass is 9.92. The number of rotatable bonds is 8. The predicted octanol–water partition coefficient (Wildman–Crippen LogP) is 3.06. The van der Waals surface area contributed by atoms with Crippen LogP contribution in [0.15, 0.2) is 12.5 Å². The van der Waals surface area contributed by atoms with Gasteiger partial charge in [-0.1, -0.05) is 13.8 Å².